The maximum absolute atomic E-state index is 12.0. The molecule has 4 aromatic rings. The first kappa shape index (κ1) is 12.6. The molecule has 0 saturated carbocycles. The predicted octanol–water partition coefficient (Wildman–Crippen LogP) is 3.49. The lowest BCUT2D eigenvalue weighted by Crippen LogP contribution is -2.13. The monoisotopic (exact) mass is 291 g/mol. The van der Waals surface area contributed by atoms with Crippen molar-refractivity contribution in [3.63, 3.8) is 0 Å². The van der Waals surface area contributed by atoms with Crippen LogP contribution in [0.4, 0.5) is 5.69 Å². The number of furan rings is 1. The number of hydrogen-bond donors (Lipinski definition) is 2. The van der Waals surface area contributed by atoms with E-state index in [-0.39, 0.29) is 12.3 Å². The molecule has 5 nitrogen and oxygen atoms in total. The molecule has 4 rings (SSSR count). The molecular weight excluding hydrogens is 278 g/mol. The molecule has 0 aliphatic carbocycles. The Morgan fingerprint density at radius 3 is 2.95 bits per heavy atom. The van der Waals surface area contributed by atoms with E-state index in [4.69, 9.17) is 4.42 Å². The minimum Gasteiger partial charge on any atom is -0.461 e. The molecule has 0 unspecified atom stereocenters. The zero-order chi connectivity index (χ0) is 14.9. The van der Waals surface area contributed by atoms with E-state index < -0.39 is 0 Å². The Hall–Kier alpha value is -3.08. The zero-order valence-electron chi connectivity index (χ0n) is 11.7. The highest BCUT2D eigenvalue weighted by atomic mass is 16.3. The highest BCUT2D eigenvalue weighted by Gasteiger charge is 2.11. The quantitative estimate of drug-likeness (QED) is 0.607. The van der Waals surface area contributed by atoms with Crippen LogP contribution in [0.25, 0.3) is 21.7 Å². The molecule has 0 fully saturated rings. The van der Waals surface area contributed by atoms with Gasteiger partial charge in [-0.2, -0.15) is 5.10 Å². The Morgan fingerprint density at radius 1 is 1.18 bits per heavy atom. The van der Waals surface area contributed by atoms with Gasteiger partial charge in [-0.15, -0.1) is 0 Å². The molecule has 0 saturated heterocycles. The van der Waals surface area contributed by atoms with Gasteiger partial charge >= 0.3 is 0 Å². The van der Waals surface area contributed by atoms with Crippen molar-refractivity contribution in [2.24, 2.45) is 0 Å². The fraction of sp³-hybridized carbons (Fsp3) is 0.0588. The molecule has 0 spiro atoms. The van der Waals surface area contributed by atoms with Gasteiger partial charge in [-0.1, -0.05) is 30.3 Å². The van der Waals surface area contributed by atoms with E-state index in [1.54, 1.807) is 12.4 Å². The number of fused-ring (bicyclic) bond motifs is 3. The van der Waals surface area contributed by atoms with Crippen molar-refractivity contribution in [1.82, 2.24) is 10.2 Å². The summed E-state index contributed by atoms with van der Waals surface area (Å²) < 4.78 is 5.78. The first-order valence-corrected chi connectivity index (χ1v) is 6.98. The lowest BCUT2D eigenvalue weighted by Gasteiger charge is -1.99. The molecule has 108 valence electrons. The van der Waals surface area contributed by atoms with Crippen LogP contribution in [0, 0.1) is 0 Å². The van der Waals surface area contributed by atoms with E-state index in [1.165, 1.54) is 0 Å². The minimum absolute atomic E-state index is 0.134. The van der Waals surface area contributed by atoms with E-state index in [9.17, 15) is 4.79 Å². The minimum atomic E-state index is -0.134. The van der Waals surface area contributed by atoms with E-state index in [0.29, 0.717) is 11.4 Å². The van der Waals surface area contributed by atoms with Crippen molar-refractivity contribution in [3.8, 4) is 0 Å². The standard InChI is InChI=1S/C17H13N3O2/c21-17(20-12-9-18-19-10-12)8-13-7-15-14-4-2-1-3-11(14)5-6-16(15)22-13/h1-7,9-10H,8H2,(H,18,19)(H,20,21). The number of amides is 1. The summed E-state index contributed by atoms with van der Waals surface area (Å²) in [6.45, 7) is 0. The fourth-order valence-corrected chi connectivity index (χ4v) is 2.61. The van der Waals surface area contributed by atoms with Gasteiger partial charge in [0.25, 0.3) is 0 Å². The normalized spacial score (nSPS) is 11.1. The van der Waals surface area contributed by atoms with E-state index >= 15 is 0 Å². The van der Waals surface area contributed by atoms with Crippen LogP contribution in [0.1, 0.15) is 5.76 Å². The largest absolute Gasteiger partial charge is 0.461 e. The maximum Gasteiger partial charge on any atom is 0.232 e. The molecule has 2 aromatic heterocycles. The lowest BCUT2D eigenvalue weighted by atomic mass is 10.1. The molecule has 2 aromatic carbocycles. The Morgan fingerprint density at radius 2 is 2.09 bits per heavy atom. The summed E-state index contributed by atoms with van der Waals surface area (Å²) in [6.07, 6.45) is 3.38. The van der Waals surface area contributed by atoms with Gasteiger partial charge in [0.05, 0.1) is 18.3 Å². The molecule has 1 amide bonds. The average Bonchev–Trinajstić information content (AvgIpc) is 3.16. The van der Waals surface area contributed by atoms with Crippen LogP contribution < -0.4 is 5.32 Å². The van der Waals surface area contributed by atoms with Gasteiger partial charge in [-0.05, 0) is 22.9 Å². The second-order valence-corrected chi connectivity index (χ2v) is 5.12. The van der Waals surface area contributed by atoms with Crippen molar-refractivity contribution >= 4 is 33.3 Å². The number of aromatic amines is 1. The van der Waals surface area contributed by atoms with Crippen molar-refractivity contribution in [1.29, 1.82) is 0 Å². The third kappa shape index (κ3) is 2.22. The zero-order valence-corrected chi connectivity index (χ0v) is 11.7. The number of benzene rings is 2. The number of nitrogens with one attached hydrogen (secondary N) is 2. The van der Waals surface area contributed by atoms with Gasteiger partial charge in [0.2, 0.25) is 5.91 Å². The van der Waals surface area contributed by atoms with Gasteiger partial charge in [0.15, 0.2) is 0 Å². The third-order valence-electron chi connectivity index (χ3n) is 3.59. The van der Waals surface area contributed by atoms with Crippen LogP contribution in [-0.4, -0.2) is 16.1 Å². The summed E-state index contributed by atoms with van der Waals surface area (Å²) in [5, 5.41) is 12.5. The van der Waals surface area contributed by atoms with Gasteiger partial charge in [-0.3, -0.25) is 9.89 Å². The Balaban J connectivity index is 1.65. The molecule has 2 heterocycles. The number of hydrogen-bond acceptors (Lipinski definition) is 3. The van der Waals surface area contributed by atoms with Gasteiger partial charge in [-0.25, -0.2) is 0 Å². The highest BCUT2D eigenvalue weighted by Crippen LogP contribution is 2.28. The van der Waals surface area contributed by atoms with Crippen LogP contribution in [0.3, 0.4) is 0 Å². The average molecular weight is 291 g/mol. The lowest BCUT2D eigenvalue weighted by molar-refractivity contribution is -0.115. The van der Waals surface area contributed by atoms with Crippen molar-refractivity contribution in [2.75, 3.05) is 5.32 Å². The summed E-state index contributed by atoms with van der Waals surface area (Å²) in [6, 6.07) is 14.0. The number of rotatable bonds is 3. The third-order valence-corrected chi connectivity index (χ3v) is 3.59. The molecule has 22 heavy (non-hydrogen) atoms. The Kier molecular flexibility index (Phi) is 2.89. The first-order chi connectivity index (χ1) is 10.8. The number of H-pyrrole nitrogens is 1. The molecular formula is C17H13N3O2. The number of carbonyl (C=O) groups excluding carboxylic acids is 1. The van der Waals surface area contributed by atoms with Gasteiger partial charge in [0.1, 0.15) is 11.3 Å². The van der Waals surface area contributed by atoms with E-state index in [1.807, 2.05) is 30.3 Å². The second-order valence-electron chi connectivity index (χ2n) is 5.12. The van der Waals surface area contributed by atoms with Gasteiger partial charge < -0.3 is 9.73 Å². The Labute approximate surface area is 125 Å². The number of nitrogens with zero attached hydrogens (tertiary/aromatic N) is 1. The van der Waals surface area contributed by atoms with Gasteiger partial charge in [0, 0.05) is 11.6 Å². The SMILES string of the molecule is O=C(Cc1cc2c(ccc3ccccc32)o1)Nc1cn[nH]c1. The molecule has 5 heteroatoms. The Bertz CT molecular complexity index is 955. The van der Waals surface area contributed by atoms with Crippen LogP contribution >= 0.6 is 0 Å². The van der Waals surface area contributed by atoms with E-state index in [2.05, 4.69) is 27.6 Å². The molecule has 0 atom stereocenters. The first-order valence-electron chi connectivity index (χ1n) is 6.98. The van der Waals surface area contributed by atoms with Crippen LogP contribution in [0.15, 0.2) is 59.3 Å². The van der Waals surface area contributed by atoms with Crippen LogP contribution in [0.5, 0.6) is 0 Å². The second kappa shape index (κ2) is 5.04. The summed E-state index contributed by atoms with van der Waals surface area (Å²) in [7, 11) is 0. The highest BCUT2D eigenvalue weighted by molar-refractivity contribution is 6.06. The molecule has 0 aliphatic rings. The van der Waals surface area contributed by atoms with Crippen molar-refractivity contribution in [2.45, 2.75) is 6.42 Å². The summed E-state index contributed by atoms with van der Waals surface area (Å²) in [5.74, 6) is 0.511. The molecule has 0 bridgehead atoms. The predicted molar refractivity (Wildman–Crippen MR) is 84.6 cm³/mol. The topological polar surface area (TPSA) is 70.9 Å². The smallest absolute Gasteiger partial charge is 0.232 e. The summed E-state index contributed by atoms with van der Waals surface area (Å²) in [5.41, 5.74) is 1.44. The van der Waals surface area contributed by atoms with E-state index in [0.717, 1.165) is 21.7 Å². The molecule has 2 N–H and O–H groups in total. The van der Waals surface area contributed by atoms with Crippen molar-refractivity contribution in [3.05, 3.63) is 60.6 Å². The summed E-state index contributed by atoms with van der Waals surface area (Å²) in [4.78, 5) is 12.0. The maximum atomic E-state index is 12.0. The van der Waals surface area contributed by atoms with Crippen molar-refractivity contribution < 1.29 is 9.21 Å². The summed E-state index contributed by atoms with van der Waals surface area (Å²) >= 11 is 0. The van der Waals surface area contributed by atoms with Crippen LogP contribution in [0.2, 0.25) is 0 Å². The van der Waals surface area contributed by atoms with Crippen LogP contribution in [-0.2, 0) is 11.2 Å². The fourth-order valence-electron chi connectivity index (χ4n) is 2.61. The number of carbonyl (C=O) groups is 1. The number of aromatic nitrogens is 2. The molecule has 0 aliphatic heterocycles. The molecule has 0 radical (unpaired) electrons. The number of anilines is 1.